The van der Waals surface area contributed by atoms with E-state index in [0.717, 1.165) is 18.2 Å². The van der Waals surface area contributed by atoms with Gasteiger partial charge >= 0.3 is 0 Å². The lowest BCUT2D eigenvalue weighted by Crippen LogP contribution is -2.38. The predicted molar refractivity (Wildman–Crippen MR) is 77.1 cm³/mol. The average molecular weight is 367 g/mol. The summed E-state index contributed by atoms with van der Waals surface area (Å²) in [6, 6.07) is 3.22. The Hall–Kier alpha value is -0.990. The van der Waals surface area contributed by atoms with Crippen molar-refractivity contribution >= 4 is 31.9 Å². The Balaban J connectivity index is 2.68. The van der Waals surface area contributed by atoms with Gasteiger partial charge in [0.1, 0.15) is 5.82 Å². The second-order valence-electron chi connectivity index (χ2n) is 4.60. The van der Waals surface area contributed by atoms with E-state index in [1.54, 1.807) is 0 Å². The number of hydrogen-bond acceptors (Lipinski definition) is 3. The molecule has 1 rings (SSSR count). The van der Waals surface area contributed by atoms with Gasteiger partial charge in [0.15, 0.2) is 0 Å². The molecule has 0 spiro atoms. The molecule has 0 unspecified atom stereocenters. The van der Waals surface area contributed by atoms with Crippen molar-refractivity contribution in [2.45, 2.75) is 18.7 Å². The van der Waals surface area contributed by atoms with Crippen molar-refractivity contribution < 1.29 is 17.6 Å². The van der Waals surface area contributed by atoms with Crippen LogP contribution < -0.4 is 10.0 Å². The minimum atomic E-state index is -3.87. The molecule has 1 aromatic rings. The van der Waals surface area contributed by atoms with Gasteiger partial charge in [-0.25, -0.2) is 17.5 Å². The Bertz CT molecular complexity index is 590. The Morgan fingerprint density at radius 1 is 1.40 bits per heavy atom. The molecule has 1 amide bonds. The molecule has 8 heteroatoms. The first kappa shape index (κ1) is 17.1. The second kappa shape index (κ2) is 7.14. The molecule has 0 radical (unpaired) electrons. The molecule has 2 N–H and O–H groups in total. The van der Waals surface area contributed by atoms with Gasteiger partial charge in [0.05, 0.1) is 11.4 Å². The standard InChI is InChI=1S/C12H16BrFN2O3S/c1-8(2)6-15-12(17)7-16-20(18,19)11-4-3-9(14)5-10(11)13/h3-5,8,16H,6-7H2,1-2H3,(H,15,17). The zero-order valence-corrected chi connectivity index (χ0v) is 13.5. The van der Waals surface area contributed by atoms with Crippen LogP contribution in [0.4, 0.5) is 4.39 Å². The van der Waals surface area contributed by atoms with E-state index < -0.39 is 21.7 Å². The van der Waals surface area contributed by atoms with Crippen LogP contribution in [0.2, 0.25) is 0 Å². The highest BCUT2D eigenvalue weighted by atomic mass is 79.9. The van der Waals surface area contributed by atoms with Crippen molar-refractivity contribution in [2.75, 3.05) is 13.1 Å². The summed E-state index contributed by atoms with van der Waals surface area (Å²) in [5.74, 6) is -0.687. The van der Waals surface area contributed by atoms with Gasteiger partial charge in [0.25, 0.3) is 0 Å². The molecule has 112 valence electrons. The van der Waals surface area contributed by atoms with Crippen molar-refractivity contribution in [1.82, 2.24) is 10.0 Å². The summed E-state index contributed by atoms with van der Waals surface area (Å²) < 4.78 is 39.1. The average Bonchev–Trinajstić information content (AvgIpc) is 2.33. The van der Waals surface area contributed by atoms with Crippen molar-refractivity contribution in [3.8, 4) is 0 Å². The lowest BCUT2D eigenvalue weighted by Gasteiger charge is -2.10. The van der Waals surface area contributed by atoms with E-state index in [0.29, 0.717) is 6.54 Å². The maximum Gasteiger partial charge on any atom is 0.242 e. The van der Waals surface area contributed by atoms with Gasteiger partial charge in [0, 0.05) is 11.0 Å². The SMILES string of the molecule is CC(C)CNC(=O)CNS(=O)(=O)c1ccc(F)cc1Br. The van der Waals surface area contributed by atoms with Crippen LogP contribution in [0, 0.1) is 11.7 Å². The summed E-state index contributed by atoms with van der Waals surface area (Å²) in [6.07, 6.45) is 0. The summed E-state index contributed by atoms with van der Waals surface area (Å²) in [7, 11) is -3.87. The van der Waals surface area contributed by atoms with Crippen LogP contribution in [0.15, 0.2) is 27.6 Å². The molecule has 0 aliphatic carbocycles. The Labute approximate surface area is 126 Å². The summed E-state index contributed by atoms with van der Waals surface area (Å²) in [6.45, 7) is 3.97. The smallest absolute Gasteiger partial charge is 0.242 e. The van der Waals surface area contributed by atoms with Crippen molar-refractivity contribution in [3.63, 3.8) is 0 Å². The first-order valence-corrected chi connectivity index (χ1v) is 8.21. The molecular formula is C12H16BrFN2O3S. The van der Waals surface area contributed by atoms with Crippen LogP contribution >= 0.6 is 15.9 Å². The molecule has 0 aliphatic heterocycles. The quantitative estimate of drug-likeness (QED) is 0.803. The van der Waals surface area contributed by atoms with E-state index in [4.69, 9.17) is 0 Å². The van der Waals surface area contributed by atoms with Crippen LogP contribution in [0.5, 0.6) is 0 Å². The fraction of sp³-hybridized carbons (Fsp3) is 0.417. The van der Waals surface area contributed by atoms with Crippen molar-refractivity contribution in [1.29, 1.82) is 0 Å². The predicted octanol–water partition coefficient (Wildman–Crippen LogP) is 1.64. The highest BCUT2D eigenvalue weighted by Crippen LogP contribution is 2.22. The number of hydrogen-bond donors (Lipinski definition) is 2. The molecule has 1 aromatic carbocycles. The first-order valence-electron chi connectivity index (χ1n) is 5.94. The molecule has 0 saturated carbocycles. The van der Waals surface area contributed by atoms with Gasteiger partial charge in [-0.3, -0.25) is 4.79 Å². The molecule has 0 aliphatic rings. The van der Waals surface area contributed by atoms with E-state index in [2.05, 4.69) is 26.0 Å². The lowest BCUT2D eigenvalue weighted by molar-refractivity contribution is -0.120. The van der Waals surface area contributed by atoms with Crippen molar-refractivity contribution in [2.24, 2.45) is 5.92 Å². The molecule has 0 aromatic heterocycles. The number of carbonyl (C=O) groups is 1. The molecule has 5 nitrogen and oxygen atoms in total. The maximum absolute atomic E-state index is 12.9. The third kappa shape index (κ3) is 5.18. The van der Waals surface area contributed by atoms with Crippen LogP contribution in [-0.4, -0.2) is 27.4 Å². The summed E-state index contributed by atoms with van der Waals surface area (Å²) >= 11 is 2.98. The Morgan fingerprint density at radius 2 is 2.05 bits per heavy atom. The van der Waals surface area contributed by atoms with Crippen LogP contribution in [0.1, 0.15) is 13.8 Å². The lowest BCUT2D eigenvalue weighted by atomic mass is 10.2. The van der Waals surface area contributed by atoms with E-state index >= 15 is 0 Å². The number of sulfonamides is 1. The van der Waals surface area contributed by atoms with Gasteiger partial charge in [-0.2, -0.15) is 0 Å². The summed E-state index contributed by atoms with van der Waals surface area (Å²) in [5, 5.41) is 2.59. The number of benzene rings is 1. The van der Waals surface area contributed by atoms with E-state index in [-0.39, 0.29) is 21.8 Å². The summed E-state index contributed by atoms with van der Waals surface area (Å²) in [5.41, 5.74) is 0. The molecule has 0 saturated heterocycles. The fourth-order valence-corrected chi connectivity index (χ4v) is 3.34. The zero-order valence-electron chi connectivity index (χ0n) is 11.1. The first-order chi connectivity index (χ1) is 9.22. The molecule has 0 fully saturated rings. The number of nitrogens with one attached hydrogen (secondary N) is 2. The summed E-state index contributed by atoms with van der Waals surface area (Å²) in [4.78, 5) is 11.3. The van der Waals surface area contributed by atoms with Gasteiger partial charge in [-0.15, -0.1) is 0 Å². The van der Waals surface area contributed by atoms with Crippen LogP contribution in [0.3, 0.4) is 0 Å². The molecule has 0 bridgehead atoms. The van der Waals surface area contributed by atoms with Crippen LogP contribution in [-0.2, 0) is 14.8 Å². The number of rotatable bonds is 6. The number of carbonyl (C=O) groups excluding carboxylic acids is 1. The normalized spacial score (nSPS) is 11.7. The molecular weight excluding hydrogens is 351 g/mol. The highest BCUT2D eigenvalue weighted by molar-refractivity contribution is 9.10. The molecule has 0 atom stereocenters. The minimum absolute atomic E-state index is 0.104. The van der Waals surface area contributed by atoms with E-state index in [1.807, 2.05) is 13.8 Å². The fourth-order valence-electron chi connectivity index (χ4n) is 1.31. The second-order valence-corrected chi connectivity index (χ2v) is 7.19. The van der Waals surface area contributed by atoms with Crippen LogP contribution in [0.25, 0.3) is 0 Å². The molecule has 20 heavy (non-hydrogen) atoms. The van der Waals surface area contributed by atoms with Gasteiger partial charge < -0.3 is 5.32 Å². The van der Waals surface area contributed by atoms with Gasteiger partial charge in [-0.1, -0.05) is 13.8 Å². The minimum Gasteiger partial charge on any atom is -0.355 e. The Morgan fingerprint density at radius 3 is 2.60 bits per heavy atom. The third-order valence-electron chi connectivity index (χ3n) is 2.31. The van der Waals surface area contributed by atoms with E-state index in [1.165, 1.54) is 0 Å². The zero-order chi connectivity index (χ0) is 15.3. The molecule has 0 heterocycles. The number of amides is 1. The van der Waals surface area contributed by atoms with E-state index in [9.17, 15) is 17.6 Å². The van der Waals surface area contributed by atoms with Crippen molar-refractivity contribution in [3.05, 3.63) is 28.5 Å². The third-order valence-corrected chi connectivity index (χ3v) is 4.69. The largest absolute Gasteiger partial charge is 0.355 e. The number of halogens is 2. The monoisotopic (exact) mass is 366 g/mol. The maximum atomic E-state index is 12.9. The highest BCUT2D eigenvalue weighted by Gasteiger charge is 2.19. The topological polar surface area (TPSA) is 75.3 Å². The van der Waals surface area contributed by atoms with Gasteiger partial charge in [-0.05, 0) is 40.0 Å². The van der Waals surface area contributed by atoms with Gasteiger partial charge in [0.2, 0.25) is 15.9 Å². The Kier molecular flexibility index (Phi) is 6.09.